The van der Waals surface area contributed by atoms with Crippen LogP contribution in [-0.2, 0) is 0 Å². The minimum absolute atomic E-state index is 0.108. The second-order valence-corrected chi connectivity index (χ2v) is 8.61. The van der Waals surface area contributed by atoms with Crippen molar-refractivity contribution in [1.29, 1.82) is 0 Å². The summed E-state index contributed by atoms with van der Waals surface area (Å²) in [5.41, 5.74) is 8.09. The number of nitrogens with two attached hydrogens (primary N) is 1. The quantitative estimate of drug-likeness (QED) is 0.566. The molecule has 8 nitrogen and oxygen atoms in total. The van der Waals surface area contributed by atoms with Crippen LogP contribution in [0.1, 0.15) is 18.4 Å². The summed E-state index contributed by atoms with van der Waals surface area (Å²) in [6.07, 6.45) is 5.64. The van der Waals surface area contributed by atoms with Crippen LogP contribution < -0.4 is 20.5 Å². The molecule has 33 heavy (non-hydrogen) atoms. The van der Waals surface area contributed by atoms with Gasteiger partial charge in [0.25, 0.3) is 0 Å². The van der Waals surface area contributed by atoms with Crippen molar-refractivity contribution in [2.75, 3.05) is 47.6 Å². The highest BCUT2D eigenvalue weighted by atomic mass is 35.5. The van der Waals surface area contributed by atoms with E-state index in [9.17, 15) is 0 Å². The van der Waals surface area contributed by atoms with Crippen molar-refractivity contribution in [3.05, 3.63) is 39.5 Å². The molecular weight excluding hydrogens is 463 g/mol. The number of allylic oxidation sites excluding steroid dienone is 1. The Labute approximate surface area is 204 Å². The van der Waals surface area contributed by atoms with Crippen LogP contribution in [0.2, 0.25) is 10.0 Å². The lowest BCUT2D eigenvalue weighted by Gasteiger charge is -2.30. The number of benzene rings is 1. The molecule has 0 aromatic heterocycles. The van der Waals surface area contributed by atoms with Crippen LogP contribution in [0.3, 0.4) is 0 Å². The number of rotatable bonds is 7. The van der Waals surface area contributed by atoms with Gasteiger partial charge in [-0.25, -0.2) is 4.99 Å². The number of likely N-dealkylation sites (tertiary alicyclic amines) is 1. The summed E-state index contributed by atoms with van der Waals surface area (Å²) < 4.78 is 10.8. The highest BCUT2D eigenvalue weighted by Crippen LogP contribution is 2.45. The fraction of sp³-hybridized carbons (Fsp3) is 0.435. The molecule has 2 aliphatic rings. The van der Waals surface area contributed by atoms with E-state index in [-0.39, 0.29) is 6.67 Å². The lowest BCUT2D eigenvalue weighted by Crippen LogP contribution is -2.40. The fourth-order valence-electron chi connectivity index (χ4n) is 3.88. The SMILES string of the molecule is C=N/C=C1/C=C(c2c(Cl)c(OC)cc(OC)c2Cl)N=C(NCC2CCN(C)CC2)/C1=N/CN. The summed E-state index contributed by atoms with van der Waals surface area (Å²) >= 11 is 13.3. The fourth-order valence-corrected chi connectivity index (χ4v) is 4.58. The van der Waals surface area contributed by atoms with Crippen molar-refractivity contribution in [2.24, 2.45) is 26.6 Å². The summed E-state index contributed by atoms with van der Waals surface area (Å²) in [4.78, 5) is 15.6. The highest BCUT2D eigenvalue weighted by molar-refractivity contribution is 6.50. The molecule has 1 aromatic carbocycles. The predicted molar refractivity (Wildman–Crippen MR) is 137 cm³/mol. The maximum Gasteiger partial charge on any atom is 0.152 e. The van der Waals surface area contributed by atoms with Crippen LogP contribution in [0.4, 0.5) is 0 Å². The van der Waals surface area contributed by atoms with Gasteiger partial charge >= 0.3 is 0 Å². The number of methoxy groups -OCH3 is 2. The molecule has 0 bridgehead atoms. The van der Waals surface area contributed by atoms with Gasteiger partial charge in [-0.05, 0) is 51.7 Å². The van der Waals surface area contributed by atoms with Gasteiger partial charge in [-0.1, -0.05) is 23.2 Å². The van der Waals surface area contributed by atoms with Gasteiger partial charge in [0.05, 0.1) is 36.6 Å². The first-order chi connectivity index (χ1) is 15.9. The number of aliphatic imine (C=N–C) groups is 3. The summed E-state index contributed by atoms with van der Waals surface area (Å²) in [5.74, 6) is 1.98. The average molecular weight is 493 g/mol. The van der Waals surface area contributed by atoms with Crippen LogP contribution >= 0.6 is 23.2 Å². The molecule has 3 N–H and O–H groups in total. The average Bonchev–Trinajstić information content (AvgIpc) is 2.81. The molecule has 2 aliphatic heterocycles. The molecule has 2 heterocycles. The van der Waals surface area contributed by atoms with Gasteiger partial charge in [-0.15, -0.1) is 0 Å². The number of hydrogen-bond donors (Lipinski definition) is 2. The molecule has 10 heteroatoms. The molecule has 0 spiro atoms. The molecule has 0 amide bonds. The molecule has 178 valence electrons. The number of halogens is 2. The smallest absolute Gasteiger partial charge is 0.152 e. The third kappa shape index (κ3) is 5.76. The molecule has 0 radical (unpaired) electrons. The molecule has 0 unspecified atom stereocenters. The number of ether oxygens (including phenoxy) is 2. The van der Waals surface area contributed by atoms with Gasteiger partial charge in [-0.2, -0.15) is 0 Å². The van der Waals surface area contributed by atoms with Crippen molar-refractivity contribution in [3.63, 3.8) is 0 Å². The van der Waals surface area contributed by atoms with Crippen LogP contribution in [0.25, 0.3) is 5.70 Å². The van der Waals surface area contributed by atoms with E-state index < -0.39 is 0 Å². The zero-order valence-corrected chi connectivity index (χ0v) is 20.7. The number of nitrogens with one attached hydrogen (secondary N) is 1. The highest BCUT2D eigenvalue weighted by Gasteiger charge is 2.27. The van der Waals surface area contributed by atoms with Gasteiger partial charge in [0.2, 0.25) is 0 Å². The van der Waals surface area contributed by atoms with Crippen LogP contribution in [0.15, 0.2) is 38.9 Å². The Morgan fingerprint density at radius 3 is 2.42 bits per heavy atom. The Morgan fingerprint density at radius 2 is 1.88 bits per heavy atom. The lowest BCUT2D eigenvalue weighted by molar-refractivity contribution is 0.220. The minimum Gasteiger partial charge on any atom is -0.495 e. The topological polar surface area (TPSA) is 96.8 Å². The third-order valence-corrected chi connectivity index (χ3v) is 6.48. The summed E-state index contributed by atoms with van der Waals surface area (Å²) in [5, 5.41) is 4.14. The van der Waals surface area contributed by atoms with Crippen LogP contribution in [0, 0.1) is 5.92 Å². The number of nitrogens with zero attached hydrogens (tertiary/aromatic N) is 4. The number of hydrogen-bond acceptors (Lipinski definition) is 8. The van der Waals surface area contributed by atoms with Gasteiger partial charge in [-0.3, -0.25) is 9.98 Å². The normalized spacial score (nSPS) is 19.9. The second-order valence-electron chi connectivity index (χ2n) is 7.86. The Balaban J connectivity index is 2.06. The second kappa shape index (κ2) is 11.7. The van der Waals surface area contributed by atoms with Crippen molar-refractivity contribution in [3.8, 4) is 11.5 Å². The monoisotopic (exact) mass is 492 g/mol. The molecule has 0 atom stereocenters. The van der Waals surface area contributed by atoms with Gasteiger partial charge in [0.1, 0.15) is 17.2 Å². The Hall–Kier alpha value is -2.39. The van der Waals surface area contributed by atoms with E-state index in [4.69, 9.17) is 43.4 Å². The van der Waals surface area contributed by atoms with Gasteiger partial charge < -0.3 is 25.4 Å². The van der Waals surface area contributed by atoms with Gasteiger partial charge in [0.15, 0.2) is 5.84 Å². The maximum absolute atomic E-state index is 6.65. The Bertz CT molecular complexity index is 982. The molecule has 1 fully saturated rings. The van der Waals surface area contributed by atoms with E-state index in [1.165, 1.54) is 14.2 Å². The van der Waals surface area contributed by atoms with Gasteiger partial charge in [0, 0.05) is 29.9 Å². The molecule has 0 aliphatic carbocycles. The van der Waals surface area contributed by atoms with Crippen LogP contribution in [-0.4, -0.2) is 70.7 Å². The first-order valence-electron chi connectivity index (χ1n) is 10.7. The van der Waals surface area contributed by atoms with Crippen molar-refractivity contribution >= 4 is 47.2 Å². The first-order valence-corrected chi connectivity index (χ1v) is 11.4. The minimum atomic E-state index is 0.108. The molecule has 1 aromatic rings. The standard InChI is InChI=1S/C23H30Cl2N6O2/c1-27-12-15-9-16(19-20(24)17(32-3)10-18(33-4)21(19)25)30-23(22(15)29-13-26)28-11-14-5-7-31(2)8-6-14/h9-10,12,14H,1,5-8,11,13,26H2,2-4H3,(H,28,30)/b15-12-,29-22+. The molecule has 1 saturated heterocycles. The van der Waals surface area contributed by atoms with E-state index in [2.05, 4.69) is 34.0 Å². The molecule has 0 saturated carbocycles. The van der Waals surface area contributed by atoms with E-state index in [0.29, 0.717) is 55.8 Å². The van der Waals surface area contributed by atoms with Crippen molar-refractivity contribution in [1.82, 2.24) is 10.2 Å². The lowest BCUT2D eigenvalue weighted by atomic mass is 9.96. The van der Waals surface area contributed by atoms with E-state index >= 15 is 0 Å². The van der Waals surface area contributed by atoms with E-state index in [0.717, 1.165) is 32.5 Å². The largest absolute Gasteiger partial charge is 0.495 e. The number of amidine groups is 1. The summed E-state index contributed by atoms with van der Waals surface area (Å²) in [7, 11) is 5.21. The van der Waals surface area contributed by atoms with E-state index in [1.54, 1.807) is 18.3 Å². The summed E-state index contributed by atoms with van der Waals surface area (Å²) in [6.45, 7) is 6.62. The van der Waals surface area contributed by atoms with Crippen LogP contribution in [0.5, 0.6) is 11.5 Å². The molecular formula is C23H30Cl2N6O2. The maximum atomic E-state index is 6.65. The summed E-state index contributed by atoms with van der Waals surface area (Å²) in [6, 6.07) is 1.64. The first kappa shape index (κ1) is 25.2. The zero-order chi connectivity index (χ0) is 24.0. The zero-order valence-electron chi connectivity index (χ0n) is 19.2. The predicted octanol–water partition coefficient (Wildman–Crippen LogP) is 3.64. The van der Waals surface area contributed by atoms with Crippen molar-refractivity contribution in [2.45, 2.75) is 12.8 Å². The number of piperidine rings is 1. The van der Waals surface area contributed by atoms with Crippen molar-refractivity contribution < 1.29 is 9.47 Å². The van der Waals surface area contributed by atoms with E-state index in [1.807, 2.05) is 0 Å². The molecule has 3 rings (SSSR count). The Kier molecular flexibility index (Phi) is 8.91. The Morgan fingerprint density at radius 1 is 1.24 bits per heavy atom. The third-order valence-electron chi connectivity index (χ3n) is 5.73.